The van der Waals surface area contributed by atoms with Crippen LogP contribution in [0, 0.1) is 0 Å². The van der Waals surface area contributed by atoms with E-state index in [1.165, 1.54) is 4.90 Å². The SMILES string of the molecule is CC1(C)NC(=O)N(CCC(=O)N(CCO)CCO)C1=O. The fourth-order valence-corrected chi connectivity index (χ4v) is 1.99. The zero-order chi connectivity index (χ0) is 15.3. The molecule has 0 bridgehead atoms. The largest absolute Gasteiger partial charge is 0.395 e. The maximum absolute atomic E-state index is 11.9. The van der Waals surface area contributed by atoms with E-state index in [9.17, 15) is 14.4 Å². The molecule has 20 heavy (non-hydrogen) atoms. The van der Waals surface area contributed by atoms with Gasteiger partial charge in [-0.2, -0.15) is 0 Å². The fourth-order valence-electron chi connectivity index (χ4n) is 1.99. The summed E-state index contributed by atoms with van der Waals surface area (Å²) in [6.07, 6.45) is -0.0325. The number of carbonyl (C=O) groups excluding carboxylic acids is 3. The van der Waals surface area contributed by atoms with Gasteiger partial charge in [-0.3, -0.25) is 14.5 Å². The van der Waals surface area contributed by atoms with E-state index < -0.39 is 11.6 Å². The van der Waals surface area contributed by atoms with Crippen LogP contribution >= 0.6 is 0 Å². The van der Waals surface area contributed by atoms with Gasteiger partial charge in [0.25, 0.3) is 5.91 Å². The highest BCUT2D eigenvalue weighted by atomic mass is 16.3. The molecule has 0 aromatic heterocycles. The highest BCUT2D eigenvalue weighted by Gasteiger charge is 2.44. The number of aliphatic hydroxyl groups is 2. The number of carbonyl (C=O) groups is 3. The smallest absolute Gasteiger partial charge is 0.325 e. The number of amides is 4. The highest BCUT2D eigenvalue weighted by molar-refractivity contribution is 6.06. The molecule has 1 aliphatic heterocycles. The molecule has 0 aromatic rings. The Morgan fingerprint density at radius 1 is 1.25 bits per heavy atom. The molecule has 1 heterocycles. The van der Waals surface area contributed by atoms with E-state index in [1.54, 1.807) is 13.8 Å². The van der Waals surface area contributed by atoms with E-state index in [0.29, 0.717) is 0 Å². The first kappa shape index (κ1) is 16.4. The van der Waals surface area contributed by atoms with Gasteiger partial charge in [0.2, 0.25) is 5.91 Å². The van der Waals surface area contributed by atoms with Crippen molar-refractivity contribution < 1.29 is 24.6 Å². The predicted molar refractivity (Wildman–Crippen MR) is 69.7 cm³/mol. The third-order valence-corrected chi connectivity index (χ3v) is 3.09. The molecular weight excluding hydrogens is 266 g/mol. The first-order valence-corrected chi connectivity index (χ1v) is 6.47. The number of rotatable bonds is 7. The number of nitrogens with one attached hydrogen (secondary N) is 1. The number of hydrogen-bond donors (Lipinski definition) is 3. The zero-order valence-electron chi connectivity index (χ0n) is 11.8. The van der Waals surface area contributed by atoms with Crippen LogP contribution < -0.4 is 5.32 Å². The number of urea groups is 1. The van der Waals surface area contributed by atoms with Gasteiger partial charge in [-0.1, -0.05) is 0 Å². The van der Waals surface area contributed by atoms with Crippen LogP contribution in [0.1, 0.15) is 20.3 Å². The summed E-state index contributed by atoms with van der Waals surface area (Å²) in [5, 5.41) is 20.2. The minimum atomic E-state index is -0.948. The summed E-state index contributed by atoms with van der Waals surface area (Å²) in [6, 6.07) is -0.510. The minimum absolute atomic E-state index is 0.0136. The van der Waals surface area contributed by atoms with Gasteiger partial charge in [-0.25, -0.2) is 4.79 Å². The normalized spacial score (nSPS) is 17.3. The summed E-state index contributed by atoms with van der Waals surface area (Å²) in [5.41, 5.74) is -0.948. The van der Waals surface area contributed by atoms with Gasteiger partial charge < -0.3 is 20.4 Å². The molecule has 3 N–H and O–H groups in total. The van der Waals surface area contributed by atoms with E-state index in [0.717, 1.165) is 4.90 Å². The van der Waals surface area contributed by atoms with E-state index in [4.69, 9.17) is 10.2 Å². The second-order valence-corrected chi connectivity index (χ2v) is 5.09. The van der Waals surface area contributed by atoms with E-state index in [1.807, 2.05) is 0 Å². The van der Waals surface area contributed by atoms with Crippen LogP contribution in [0.5, 0.6) is 0 Å². The van der Waals surface area contributed by atoms with Crippen LogP contribution in [0.15, 0.2) is 0 Å². The number of imide groups is 1. The summed E-state index contributed by atoms with van der Waals surface area (Å²) in [6.45, 7) is 3.00. The molecule has 1 saturated heterocycles. The number of nitrogens with zero attached hydrogens (tertiary/aromatic N) is 2. The maximum Gasteiger partial charge on any atom is 0.325 e. The van der Waals surface area contributed by atoms with E-state index in [-0.39, 0.29) is 51.1 Å². The van der Waals surface area contributed by atoms with Crippen LogP contribution in [0.25, 0.3) is 0 Å². The molecule has 0 aliphatic carbocycles. The Labute approximate surface area is 117 Å². The second-order valence-electron chi connectivity index (χ2n) is 5.09. The summed E-state index contributed by atoms with van der Waals surface area (Å²) >= 11 is 0. The lowest BCUT2D eigenvalue weighted by Gasteiger charge is -2.22. The number of hydrogen-bond acceptors (Lipinski definition) is 5. The fraction of sp³-hybridized carbons (Fsp3) is 0.750. The molecule has 0 saturated carbocycles. The molecule has 0 spiro atoms. The van der Waals surface area contributed by atoms with Crippen molar-refractivity contribution in [3.05, 3.63) is 0 Å². The lowest BCUT2D eigenvalue weighted by molar-refractivity contribution is -0.134. The van der Waals surface area contributed by atoms with Crippen LogP contribution in [-0.4, -0.2) is 76.2 Å². The summed E-state index contributed by atoms with van der Waals surface area (Å²) in [4.78, 5) is 37.7. The predicted octanol–water partition coefficient (Wildman–Crippen LogP) is -1.48. The van der Waals surface area contributed by atoms with Gasteiger partial charge >= 0.3 is 6.03 Å². The standard InChI is InChI=1S/C12H21N3O5/c1-12(2)10(19)15(11(20)13-12)4-3-9(18)14(5-7-16)6-8-17/h16-17H,3-8H2,1-2H3,(H,13,20). The van der Waals surface area contributed by atoms with Gasteiger partial charge in [-0.05, 0) is 13.8 Å². The molecule has 1 fully saturated rings. The molecule has 1 aliphatic rings. The molecule has 0 atom stereocenters. The molecule has 4 amide bonds. The molecule has 8 nitrogen and oxygen atoms in total. The Balaban J connectivity index is 2.56. The van der Waals surface area contributed by atoms with Crippen molar-refractivity contribution in [1.29, 1.82) is 0 Å². The zero-order valence-corrected chi connectivity index (χ0v) is 11.8. The van der Waals surface area contributed by atoms with E-state index >= 15 is 0 Å². The van der Waals surface area contributed by atoms with Gasteiger partial charge in [-0.15, -0.1) is 0 Å². The minimum Gasteiger partial charge on any atom is -0.395 e. The van der Waals surface area contributed by atoms with Crippen molar-refractivity contribution in [3.63, 3.8) is 0 Å². The molecule has 8 heteroatoms. The first-order chi connectivity index (χ1) is 9.33. The Bertz CT molecular complexity index is 391. The van der Waals surface area contributed by atoms with Crippen molar-refractivity contribution in [1.82, 2.24) is 15.1 Å². The van der Waals surface area contributed by atoms with Gasteiger partial charge in [0.05, 0.1) is 13.2 Å². The van der Waals surface area contributed by atoms with Crippen LogP contribution in [0.4, 0.5) is 4.79 Å². The quantitative estimate of drug-likeness (QED) is 0.495. The van der Waals surface area contributed by atoms with Gasteiger partial charge in [0.15, 0.2) is 0 Å². The van der Waals surface area contributed by atoms with Crippen LogP contribution in [0.2, 0.25) is 0 Å². The van der Waals surface area contributed by atoms with Crippen LogP contribution in [0.3, 0.4) is 0 Å². The number of aliphatic hydroxyl groups excluding tert-OH is 2. The summed E-state index contributed by atoms with van der Waals surface area (Å²) in [7, 11) is 0. The van der Waals surface area contributed by atoms with Crippen molar-refractivity contribution in [2.24, 2.45) is 0 Å². The van der Waals surface area contributed by atoms with Crippen molar-refractivity contribution in [3.8, 4) is 0 Å². The Kier molecular flexibility index (Phi) is 5.46. The molecule has 0 aromatic carbocycles. The van der Waals surface area contributed by atoms with Crippen molar-refractivity contribution in [2.75, 3.05) is 32.8 Å². The molecule has 114 valence electrons. The lowest BCUT2D eigenvalue weighted by Crippen LogP contribution is -2.41. The third-order valence-electron chi connectivity index (χ3n) is 3.09. The van der Waals surface area contributed by atoms with Gasteiger partial charge in [0, 0.05) is 26.1 Å². The molecule has 0 unspecified atom stereocenters. The first-order valence-electron chi connectivity index (χ1n) is 6.47. The second kappa shape index (κ2) is 6.67. The molecule has 1 rings (SSSR count). The highest BCUT2D eigenvalue weighted by Crippen LogP contribution is 2.16. The monoisotopic (exact) mass is 287 g/mol. The van der Waals surface area contributed by atoms with Gasteiger partial charge in [0.1, 0.15) is 5.54 Å². The Morgan fingerprint density at radius 3 is 2.20 bits per heavy atom. The summed E-state index contributed by atoms with van der Waals surface area (Å²) < 4.78 is 0. The summed E-state index contributed by atoms with van der Waals surface area (Å²) in [5.74, 6) is -0.690. The van der Waals surface area contributed by atoms with Crippen molar-refractivity contribution in [2.45, 2.75) is 25.8 Å². The molecular formula is C12H21N3O5. The Hall–Kier alpha value is -1.67. The topological polar surface area (TPSA) is 110 Å². The average molecular weight is 287 g/mol. The Morgan fingerprint density at radius 2 is 1.80 bits per heavy atom. The molecule has 0 radical (unpaired) electrons. The third kappa shape index (κ3) is 3.67. The van der Waals surface area contributed by atoms with E-state index in [2.05, 4.69) is 5.32 Å². The van der Waals surface area contributed by atoms with Crippen LogP contribution in [-0.2, 0) is 9.59 Å². The maximum atomic E-state index is 11.9. The average Bonchev–Trinajstić information content (AvgIpc) is 2.56. The van der Waals surface area contributed by atoms with Crippen molar-refractivity contribution >= 4 is 17.8 Å². The lowest BCUT2D eigenvalue weighted by atomic mass is 10.1.